The molecule has 6 nitrogen and oxygen atoms in total. The van der Waals surface area contributed by atoms with E-state index >= 15 is 0 Å². The molecule has 1 aromatic heterocycles. The Morgan fingerprint density at radius 3 is 2.81 bits per heavy atom. The monoisotopic (exact) mass is 286 g/mol. The molecule has 0 bridgehead atoms. The summed E-state index contributed by atoms with van der Waals surface area (Å²) in [5.41, 5.74) is 1.74. The topological polar surface area (TPSA) is 87.1 Å². The van der Waals surface area contributed by atoms with E-state index < -0.39 is 5.97 Å². The fraction of sp³-hybridized carbons (Fsp3) is 0.267. The first-order valence-corrected chi connectivity index (χ1v) is 6.78. The summed E-state index contributed by atoms with van der Waals surface area (Å²) in [6.45, 7) is 4.76. The minimum absolute atomic E-state index is 0.232. The molecule has 3 N–H and O–H groups in total. The molecule has 0 fully saturated rings. The van der Waals surface area contributed by atoms with Crippen molar-refractivity contribution in [1.82, 2.24) is 9.97 Å². The van der Waals surface area contributed by atoms with Crippen LogP contribution in [0.2, 0.25) is 0 Å². The van der Waals surface area contributed by atoms with Crippen LogP contribution in [-0.4, -0.2) is 27.6 Å². The van der Waals surface area contributed by atoms with E-state index in [-0.39, 0.29) is 5.56 Å². The maximum Gasteiger partial charge on any atom is 0.335 e. The van der Waals surface area contributed by atoms with Gasteiger partial charge in [0.25, 0.3) is 0 Å². The summed E-state index contributed by atoms with van der Waals surface area (Å²) in [6, 6.07) is 8.41. The van der Waals surface area contributed by atoms with Crippen molar-refractivity contribution in [3.8, 4) is 0 Å². The van der Waals surface area contributed by atoms with Crippen molar-refractivity contribution in [1.29, 1.82) is 0 Å². The molecule has 0 aliphatic rings. The fourth-order valence-corrected chi connectivity index (χ4v) is 1.83. The maximum absolute atomic E-state index is 11.0. The number of carbonyl (C=O) groups is 1. The van der Waals surface area contributed by atoms with Crippen molar-refractivity contribution >= 4 is 23.4 Å². The van der Waals surface area contributed by atoms with Crippen LogP contribution in [0.5, 0.6) is 0 Å². The molecule has 0 radical (unpaired) electrons. The highest BCUT2D eigenvalue weighted by molar-refractivity contribution is 5.89. The van der Waals surface area contributed by atoms with Crippen LogP contribution in [0, 0.1) is 6.92 Å². The van der Waals surface area contributed by atoms with Crippen LogP contribution >= 0.6 is 0 Å². The summed E-state index contributed by atoms with van der Waals surface area (Å²) in [4.78, 5) is 19.6. The van der Waals surface area contributed by atoms with Crippen molar-refractivity contribution in [2.24, 2.45) is 0 Å². The van der Waals surface area contributed by atoms with Crippen molar-refractivity contribution in [2.45, 2.75) is 20.3 Å². The predicted molar refractivity (Wildman–Crippen MR) is 82.2 cm³/mol. The summed E-state index contributed by atoms with van der Waals surface area (Å²) in [6.07, 6.45) is 0.987. The summed E-state index contributed by atoms with van der Waals surface area (Å²) < 4.78 is 0. The molecule has 6 heteroatoms. The van der Waals surface area contributed by atoms with Gasteiger partial charge in [-0.05, 0) is 31.5 Å². The smallest absolute Gasteiger partial charge is 0.335 e. The van der Waals surface area contributed by atoms with Crippen molar-refractivity contribution < 1.29 is 9.90 Å². The third kappa shape index (κ3) is 4.17. The normalized spacial score (nSPS) is 10.2. The molecule has 2 rings (SSSR count). The molecule has 0 saturated carbocycles. The molecule has 0 spiro atoms. The van der Waals surface area contributed by atoms with Gasteiger partial charge in [0.1, 0.15) is 5.82 Å². The van der Waals surface area contributed by atoms with Gasteiger partial charge in [-0.25, -0.2) is 9.78 Å². The second-order valence-corrected chi connectivity index (χ2v) is 4.66. The van der Waals surface area contributed by atoms with E-state index in [1.54, 1.807) is 24.3 Å². The minimum Gasteiger partial charge on any atom is -0.478 e. The highest BCUT2D eigenvalue weighted by Gasteiger charge is 2.05. The molecular weight excluding hydrogens is 268 g/mol. The number of carboxylic acid groups (broad SMARTS) is 1. The maximum atomic E-state index is 11.0. The quantitative estimate of drug-likeness (QED) is 0.756. The lowest BCUT2D eigenvalue weighted by Gasteiger charge is -2.10. The first-order chi connectivity index (χ1) is 10.1. The molecular formula is C15H18N4O2. The van der Waals surface area contributed by atoms with Gasteiger partial charge in [0.15, 0.2) is 0 Å². The van der Waals surface area contributed by atoms with E-state index in [0.717, 1.165) is 18.7 Å². The largest absolute Gasteiger partial charge is 0.478 e. The Morgan fingerprint density at radius 2 is 2.10 bits per heavy atom. The van der Waals surface area contributed by atoms with E-state index in [0.29, 0.717) is 17.5 Å². The number of nitrogens with zero attached hydrogens (tertiary/aromatic N) is 2. The molecule has 0 saturated heterocycles. The standard InChI is InChI=1S/C15H18N4O2/c1-3-7-16-15-17-10(2)8-13(19-15)18-12-6-4-5-11(9-12)14(20)21/h4-6,8-9H,3,7H2,1-2H3,(H,20,21)(H2,16,17,18,19). The highest BCUT2D eigenvalue weighted by Crippen LogP contribution is 2.18. The van der Waals surface area contributed by atoms with Crippen LogP contribution in [0.25, 0.3) is 0 Å². The Kier molecular flexibility index (Phi) is 4.71. The molecule has 2 aromatic rings. The molecule has 1 heterocycles. The number of aromatic nitrogens is 2. The number of benzene rings is 1. The molecule has 21 heavy (non-hydrogen) atoms. The summed E-state index contributed by atoms with van der Waals surface area (Å²) in [7, 11) is 0. The van der Waals surface area contributed by atoms with Gasteiger partial charge in [-0.3, -0.25) is 0 Å². The van der Waals surface area contributed by atoms with Crippen LogP contribution in [0.3, 0.4) is 0 Å². The van der Waals surface area contributed by atoms with Gasteiger partial charge in [0.2, 0.25) is 5.95 Å². The Hall–Kier alpha value is -2.63. The van der Waals surface area contributed by atoms with Crippen LogP contribution in [0.4, 0.5) is 17.5 Å². The zero-order valence-corrected chi connectivity index (χ0v) is 12.1. The van der Waals surface area contributed by atoms with E-state index in [1.165, 1.54) is 0 Å². The number of hydrogen-bond acceptors (Lipinski definition) is 5. The number of hydrogen-bond donors (Lipinski definition) is 3. The second kappa shape index (κ2) is 6.69. The number of carboxylic acids is 1. The molecule has 1 aromatic carbocycles. The van der Waals surface area contributed by atoms with Crippen LogP contribution < -0.4 is 10.6 Å². The number of rotatable bonds is 6. The van der Waals surface area contributed by atoms with E-state index in [4.69, 9.17) is 5.11 Å². The molecule has 0 amide bonds. The number of aromatic carboxylic acids is 1. The molecule has 0 aliphatic carbocycles. The van der Waals surface area contributed by atoms with Gasteiger partial charge in [-0.1, -0.05) is 13.0 Å². The molecule has 0 unspecified atom stereocenters. The first kappa shape index (κ1) is 14.8. The summed E-state index contributed by atoms with van der Waals surface area (Å²) in [5, 5.41) is 15.2. The highest BCUT2D eigenvalue weighted by atomic mass is 16.4. The predicted octanol–water partition coefficient (Wildman–Crippen LogP) is 3.05. The Bertz CT molecular complexity index is 643. The number of aryl methyl sites for hydroxylation is 1. The Balaban J connectivity index is 2.20. The van der Waals surface area contributed by atoms with Crippen molar-refractivity contribution in [3.63, 3.8) is 0 Å². The average molecular weight is 286 g/mol. The zero-order chi connectivity index (χ0) is 15.2. The average Bonchev–Trinajstić information content (AvgIpc) is 2.45. The lowest BCUT2D eigenvalue weighted by Crippen LogP contribution is -2.07. The fourth-order valence-electron chi connectivity index (χ4n) is 1.83. The van der Waals surface area contributed by atoms with Crippen LogP contribution in [0.1, 0.15) is 29.4 Å². The third-order valence-corrected chi connectivity index (χ3v) is 2.77. The number of anilines is 3. The molecule has 0 aliphatic heterocycles. The van der Waals surface area contributed by atoms with Gasteiger partial charge in [-0.2, -0.15) is 4.98 Å². The Morgan fingerprint density at radius 1 is 1.29 bits per heavy atom. The van der Waals surface area contributed by atoms with Crippen LogP contribution in [0.15, 0.2) is 30.3 Å². The lowest BCUT2D eigenvalue weighted by molar-refractivity contribution is 0.0697. The van der Waals surface area contributed by atoms with Gasteiger partial charge < -0.3 is 15.7 Å². The molecule has 110 valence electrons. The Labute approximate surface area is 123 Å². The minimum atomic E-state index is -0.956. The van der Waals surface area contributed by atoms with E-state index in [1.807, 2.05) is 13.0 Å². The van der Waals surface area contributed by atoms with Gasteiger partial charge in [0.05, 0.1) is 5.56 Å². The van der Waals surface area contributed by atoms with Crippen LogP contribution in [-0.2, 0) is 0 Å². The first-order valence-electron chi connectivity index (χ1n) is 6.78. The van der Waals surface area contributed by atoms with E-state index in [2.05, 4.69) is 27.5 Å². The third-order valence-electron chi connectivity index (χ3n) is 2.77. The van der Waals surface area contributed by atoms with Gasteiger partial charge in [-0.15, -0.1) is 0 Å². The number of nitrogens with one attached hydrogen (secondary N) is 2. The SMILES string of the molecule is CCCNc1nc(C)cc(Nc2cccc(C(=O)O)c2)n1. The summed E-state index contributed by atoms with van der Waals surface area (Å²) >= 11 is 0. The van der Waals surface area contributed by atoms with Gasteiger partial charge >= 0.3 is 5.97 Å². The second-order valence-electron chi connectivity index (χ2n) is 4.66. The van der Waals surface area contributed by atoms with E-state index in [9.17, 15) is 4.79 Å². The zero-order valence-electron chi connectivity index (χ0n) is 12.1. The van der Waals surface area contributed by atoms with Gasteiger partial charge in [0, 0.05) is 24.0 Å². The summed E-state index contributed by atoms with van der Waals surface area (Å²) in [5.74, 6) is 0.236. The van der Waals surface area contributed by atoms with Crippen molar-refractivity contribution in [2.75, 3.05) is 17.2 Å². The molecule has 0 atom stereocenters. The lowest BCUT2D eigenvalue weighted by atomic mass is 10.2. The van der Waals surface area contributed by atoms with Crippen molar-refractivity contribution in [3.05, 3.63) is 41.6 Å².